The largest absolute Gasteiger partial charge is 0.314 e. The zero-order valence-electron chi connectivity index (χ0n) is 18.5. The van der Waals surface area contributed by atoms with Crippen molar-refractivity contribution in [2.75, 3.05) is 13.1 Å². The Kier molecular flexibility index (Phi) is 22.9. The Bertz CT molecular complexity index is 220. The summed E-state index contributed by atoms with van der Waals surface area (Å²) in [4.78, 5) is 0. The topological polar surface area (TPSA) is 23.5 Å². The van der Waals surface area contributed by atoms with Crippen LogP contribution in [0.15, 0.2) is 0 Å². The van der Waals surface area contributed by atoms with Gasteiger partial charge in [-0.3, -0.25) is 0 Å². The van der Waals surface area contributed by atoms with Gasteiger partial charge >= 0.3 is 0 Å². The highest BCUT2D eigenvalue weighted by atomic mass is 16.5. The smallest absolute Gasteiger partial charge is 0.0238 e. The predicted molar refractivity (Wildman–Crippen MR) is 117 cm³/mol. The number of hydrogen-bond acceptors (Lipinski definition) is 2. The summed E-state index contributed by atoms with van der Waals surface area (Å²) < 4.78 is 0. The summed E-state index contributed by atoms with van der Waals surface area (Å²) in [6, 6.07) is 0. The molecule has 0 rings (SSSR count). The van der Waals surface area contributed by atoms with Gasteiger partial charge in [0.25, 0.3) is 0 Å². The zero-order chi connectivity index (χ0) is 19.1. The highest BCUT2D eigenvalue weighted by Gasteiger charge is 2.00. The summed E-state index contributed by atoms with van der Waals surface area (Å²) in [7, 11) is 0. The van der Waals surface area contributed by atoms with Gasteiger partial charge < -0.3 is 5.21 Å². The third-order valence-corrected chi connectivity index (χ3v) is 5.54. The standard InChI is InChI=1S/C24H51NO/c1-3-5-7-9-11-13-15-17-19-21-23-25(26)24-22-20-18-16-14-12-10-8-6-4-2/h26H,3-24H2,1-2H3. The molecule has 0 fully saturated rings. The van der Waals surface area contributed by atoms with Crippen LogP contribution in [0.1, 0.15) is 142 Å². The van der Waals surface area contributed by atoms with Crippen LogP contribution in [-0.2, 0) is 0 Å². The third kappa shape index (κ3) is 22.0. The molecule has 0 saturated carbocycles. The van der Waals surface area contributed by atoms with E-state index in [9.17, 15) is 5.21 Å². The molecule has 0 amide bonds. The Hall–Kier alpha value is -0.0800. The summed E-state index contributed by atoms with van der Waals surface area (Å²) in [6.45, 7) is 6.30. The highest BCUT2D eigenvalue weighted by molar-refractivity contribution is 4.52. The van der Waals surface area contributed by atoms with Crippen LogP contribution >= 0.6 is 0 Å². The Morgan fingerprint density at radius 3 is 0.885 bits per heavy atom. The molecule has 0 atom stereocenters. The van der Waals surface area contributed by atoms with Crippen LogP contribution in [0.2, 0.25) is 0 Å². The van der Waals surface area contributed by atoms with Crippen LogP contribution in [0.3, 0.4) is 0 Å². The van der Waals surface area contributed by atoms with E-state index in [-0.39, 0.29) is 0 Å². The zero-order valence-corrected chi connectivity index (χ0v) is 18.5. The van der Waals surface area contributed by atoms with E-state index >= 15 is 0 Å². The van der Waals surface area contributed by atoms with Gasteiger partial charge in [-0.2, -0.15) is 5.06 Å². The molecule has 0 aliphatic rings. The highest BCUT2D eigenvalue weighted by Crippen LogP contribution is 2.12. The molecular formula is C24H51NO. The van der Waals surface area contributed by atoms with Crippen molar-refractivity contribution in [3.8, 4) is 0 Å². The van der Waals surface area contributed by atoms with E-state index in [2.05, 4.69) is 13.8 Å². The molecule has 2 heteroatoms. The summed E-state index contributed by atoms with van der Waals surface area (Å²) in [5.74, 6) is 0. The first-order valence-corrected chi connectivity index (χ1v) is 12.2. The summed E-state index contributed by atoms with van der Waals surface area (Å²) in [6.07, 6.45) is 27.2. The van der Waals surface area contributed by atoms with Crippen molar-refractivity contribution in [1.82, 2.24) is 5.06 Å². The molecule has 0 saturated heterocycles. The van der Waals surface area contributed by atoms with Crippen molar-refractivity contribution in [3.63, 3.8) is 0 Å². The van der Waals surface area contributed by atoms with Gasteiger partial charge in [-0.1, -0.05) is 129 Å². The number of rotatable bonds is 22. The van der Waals surface area contributed by atoms with Gasteiger partial charge in [0, 0.05) is 13.1 Å². The second-order valence-corrected chi connectivity index (χ2v) is 8.32. The van der Waals surface area contributed by atoms with Crippen LogP contribution in [-0.4, -0.2) is 23.4 Å². The molecule has 0 aromatic rings. The molecule has 0 aromatic heterocycles. The molecule has 0 aliphatic carbocycles. The average molecular weight is 370 g/mol. The van der Waals surface area contributed by atoms with E-state index in [1.165, 1.54) is 116 Å². The van der Waals surface area contributed by atoms with E-state index < -0.39 is 0 Å². The average Bonchev–Trinajstić information content (AvgIpc) is 2.64. The lowest BCUT2D eigenvalue weighted by Gasteiger charge is -2.14. The fourth-order valence-electron chi connectivity index (χ4n) is 3.68. The maximum atomic E-state index is 9.93. The van der Waals surface area contributed by atoms with Crippen molar-refractivity contribution in [1.29, 1.82) is 0 Å². The van der Waals surface area contributed by atoms with E-state index in [0.29, 0.717) is 0 Å². The SMILES string of the molecule is CCCCCCCCCCCCN(O)CCCCCCCCCCCC. The Morgan fingerprint density at radius 1 is 0.385 bits per heavy atom. The predicted octanol–water partition coefficient (Wildman–Crippen LogP) is 8.52. The van der Waals surface area contributed by atoms with Crippen LogP contribution in [0.4, 0.5) is 0 Å². The van der Waals surface area contributed by atoms with Gasteiger partial charge in [-0.05, 0) is 12.8 Å². The second-order valence-electron chi connectivity index (χ2n) is 8.32. The van der Waals surface area contributed by atoms with E-state index in [0.717, 1.165) is 25.9 Å². The third-order valence-electron chi connectivity index (χ3n) is 5.54. The molecule has 0 aromatic carbocycles. The molecule has 0 radical (unpaired) electrons. The van der Waals surface area contributed by atoms with Crippen LogP contribution in [0, 0.1) is 0 Å². The number of unbranched alkanes of at least 4 members (excludes halogenated alkanes) is 18. The fraction of sp³-hybridized carbons (Fsp3) is 1.00. The monoisotopic (exact) mass is 369 g/mol. The maximum Gasteiger partial charge on any atom is 0.0238 e. The first-order chi connectivity index (χ1) is 12.8. The van der Waals surface area contributed by atoms with Crippen molar-refractivity contribution in [2.45, 2.75) is 142 Å². The lowest BCUT2D eigenvalue weighted by molar-refractivity contribution is -0.0925. The molecule has 158 valence electrons. The molecule has 26 heavy (non-hydrogen) atoms. The molecular weight excluding hydrogens is 318 g/mol. The minimum Gasteiger partial charge on any atom is -0.314 e. The van der Waals surface area contributed by atoms with E-state index in [4.69, 9.17) is 0 Å². The minimum atomic E-state index is 0.869. The van der Waals surface area contributed by atoms with Gasteiger partial charge in [0.05, 0.1) is 0 Å². The first-order valence-electron chi connectivity index (χ1n) is 12.2. The van der Waals surface area contributed by atoms with Crippen molar-refractivity contribution < 1.29 is 5.21 Å². The van der Waals surface area contributed by atoms with Crippen LogP contribution in [0.25, 0.3) is 0 Å². The van der Waals surface area contributed by atoms with Crippen molar-refractivity contribution in [2.24, 2.45) is 0 Å². The first kappa shape index (κ1) is 25.9. The Balaban J connectivity index is 3.12. The second kappa shape index (κ2) is 23.0. The summed E-state index contributed by atoms with van der Waals surface area (Å²) >= 11 is 0. The lowest BCUT2D eigenvalue weighted by atomic mass is 10.1. The number of hydroxylamine groups is 2. The molecule has 0 spiro atoms. The van der Waals surface area contributed by atoms with E-state index in [1.807, 2.05) is 0 Å². The fourth-order valence-corrected chi connectivity index (χ4v) is 3.68. The molecule has 1 N–H and O–H groups in total. The summed E-state index contributed by atoms with van der Waals surface area (Å²) in [5.41, 5.74) is 0. The van der Waals surface area contributed by atoms with Gasteiger partial charge in [0.2, 0.25) is 0 Å². The quantitative estimate of drug-likeness (QED) is 0.153. The van der Waals surface area contributed by atoms with Crippen molar-refractivity contribution in [3.05, 3.63) is 0 Å². The Morgan fingerprint density at radius 2 is 0.615 bits per heavy atom. The summed E-state index contributed by atoms with van der Waals surface area (Å²) in [5, 5.41) is 11.5. The number of nitrogens with zero attached hydrogens (tertiary/aromatic N) is 1. The van der Waals surface area contributed by atoms with Crippen LogP contribution < -0.4 is 0 Å². The normalized spacial score (nSPS) is 11.5. The molecule has 0 bridgehead atoms. The van der Waals surface area contributed by atoms with Gasteiger partial charge in [0.1, 0.15) is 0 Å². The Labute approximate surface area is 166 Å². The van der Waals surface area contributed by atoms with Gasteiger partial charge in [0.15, 0.2) is 0 Å². The molecule has 0 aliphatic heterocycles. The van der Waals surface area contributed by atoms with Gasteiger partial charge in [-0.15, -0.1) is 0 Å². The number of hydrogen-bond donors (Lipinski definition) is 1. The van der Waals surface area contributed by atoms with Crippen LogP contribution in [0.5, 0.6) is 0 Å². The van der Waals surface area contributed by atoms with Gasteiger partial charge in [-0.25, -0.2) is 0 Å². The maximum absolute atomic E-state index is 9.93. The molecule has 0 unspecified atom stereocenters. The van der Waals surface area contributed by atoms with E-state index in [1.54, 1.807) is 5.06 Å². The van der Waals surface area contributed by atoms with Crippen molar-refractivity contribution >= 4 is 0 Å². The minimum absolute atomic E-state index is 0.869. The molecule has 2 nitrogen and oxygen atoms in total. The lowest BCUT2D eigenvalue weighted by Crippen LogP contribution is -2.21. The molecule has 0 heterocycles.